The Hall–Kier alpha value is -2.16. The number of para-hydroxylation sites is 1. The smallest absolute Gasteiger partial charge is 0.176 e. The number of aromatic nitrogens is 3. The van der Waals surface area contributed by atoms with E-state index < -0.39 is 0 Å². The van der Waals surface area contributed by atoms with E-state index in [1.807, 2.05) is 25.1 Å². The number of fused-ring (bicyclic) bond motifs is 1. The average molecular weight is 209 g/mol. The van der Waals surface area contributed by atoms with Gasteiger partial charge in [-0.15, -0.1) is 0 Å². The molecule has 2 aromatic heterocycles. The molecule has 0 spiro atoms. The molecule has 2 heterocycles. The summed E-state index contributed by atoms with van der Waals surface area (Å²) in [6, 6.07) is 12.1. The summed E-state index contributed by atoms with van der Waals surface area (Å²) in [5.74, 6) is 0.746. The van der Waals surface area contributed by atoms with Gasteiger partial charge in [0, 0.05) is 22.8 Å². The molecule has 0 aliphatic carbocycles. The van der Waals surface area contributed by atoms with E-state index >= 15 is 0 Å². The number of nitrogens with zero attached hydrogens (tertiary/aromatic N) is 2. The first-order chi connectivity index (χ1) is 7.83. The Labute approximate surface area is 93.2 Å². The van der Waals surface area contributed by atoms with Crippen molar-refractivity contribution in [1.29, 1.82) is 0 Å². The first-order valence-electron chi connectivity index (χ1n) is 5.21. The average Bonchev–Trinajstić information content (AvgIpc) is 2.72. The van der Waals surface area contributed by atoms with Crippen LogP contribution in [0.25, 0.3) is 22.4 Å². The zero-order valence-corrected chi connectivity index (χ0v) is 8.94. The van der Waals surface area contributed by atoms with E-state index in [0.29, 0.717) is 0 Å². The number of benzene rings is 1. The summed E-state index contributed by atoms with van der Waals surface area (Å²) >= 11 is 0. The third-order valence-corrected chi connectivity index (χ3v) is 2.57. The van der Waals surface area contributed by atoms with Gasteiger partial charge in [0.2, 0.25) is 0 Å². The molecular weight excluding hydrogens is 198 g/mol. The van der Waals surface area contributed by atoms with Crippen LogP contribution in [0.2, 0.25) is 0 Å². The van der Waals surface area contributed by atoms with Crippen LogP contribution in [0.15, 0.2) is 42.6 Å². The van der Waals surface area contributed by atoms with Gasteiger partial charge in [-0.3, -0.25) is 0 Å². The van der Waals surface area contributed by atoms with Gasteiger partial charge in [0.15, 0.2) is 5.82 Å². The lowest BCUT2D eigenvalue weighted by Crippen LogP contribution is -1.89. The molecule has 0 unspecified atom stereocenters. The highest BCUT2D eigenvalue weighted by Gasteiger charge is 2.04. The standard InChI is InChI=1S/C13H11N3/c1-9-6-7-14-13(15-9)12-8-10-4-2-3-5-11(10)16-12/h2-8,16H,1H3. The minimum Gasteiger partial charge on any atom is -0.352 e. The molecular formula is C13H11N3. The first kappa shape index (κ1) is 9.09. The molecule has 0 fully saturated rings. The van der Waals surface area contributed by atoms with Gasteiger partial charge in [-0.2, -0.15) is 0 Å². The molecule has 0 amide bonds. The molecule has 16 heavy (non-hydrogen) atoms. The Morgan fingerprint density at radius 1 is 1.12 bits per heavy atom. The van der Waals surface area contributed by atoms with E-state index in [1.165, 1.54) is 5.39 Å². The van der Waals surface area contributed by atoms with Gasteiger partial charge in [0.05, 0.1) is 5.69 Å². The van der Waals surface area contributed by atoms with Crippen molar-refractivity contribution in [2.45, 2.75) is 6.92 Å². The van der Waals surface area contributed by atoms with Gasteiger partial charge in [-0.1, -0.05) is 18.2 Å². The van der Waals surface area contributed by atoms with Gasteiger partial charge in [0.25, 0.3) is 0 Å². The van der Waals surface area contributed by atoms with E-state index in [1.54, 1.807) is 6.20 Å². The second-order valence-electron chi connectivity index (χ2n) is 3.79. The second kappa shape index (κ2) is 3.45. The van der Waals surface area contributed by atoms with Crippen LogP contribution in [-0.4, -0.2) is 15.0 Å². The van der Waals surface area contributed by atoms with Crippen LogP contribution in [-0.2, 0) is 0 Å². The molecule has 78 valence electrons. The Morgan fingerprint density at radius 2 is 2.00 bits per heavy atom. The Kier molecular flexibility index (Phi) is 1.96. The highest BCUT2D eigenvalue weighted by atomic mass is 14.9. The van der Waals surface area contributed by atoms with Crippen LogP contribution in [0.3, 0.4) is 0 Å². The number of rotatable bonds is 1. The first-order valence-corrected chi connectivity index (χ1v) is 5.21. The van der Waals surface area contributed by atoms with Crippen LogP contribution in [0.5, 0.6) is 0 Å². The van der Waals surface area contributed by atoms with Crippen LogP contribution in [0, 0.1) is 6.92 Å². The minimum atomic E-state index is 0.746. The van der Waals surface area contributed by atoms with Crippen LogP contribution >= 0.6 is 0 Å². The Morgan fingerprint density at radius 3 is 2.81 bits per heavy atom. The summed E-state index contributed by atoms with van der Waals surface area (Å²) in [7, 11) is 0. The molecule has 0 radical (unpaired) electrons. The van der Waals surface area contributed by atoms with Gasteiger partial charge < -0.3 is 4.98 Å². The third kappa shape index (κ3) is 1.46. The summed E-state index contributed by atoms with van der Waals surface area (Å²) in [6.07, 6.45) is 1.78. The minimum absolute atomic E-state index is 0.746. The van der Waals surface area contributed by atoms with Crippen LogP contribution in [0.4, 0.5) is 0 Å². The Bertz CT molecular complexity index is 607. The molecule has 0 aliphatic rings. The third-order valence-electron chi connectivity index (χ3n) is 2.57. The molecule has 1 N–H and O–H groups in total. The lowest BCUT2D eigenvalue weighted by Gasteiger charge is -1.96. The predicted octanol–water partition coefficient (Wildman–Crippen LogP) is 2.93. The van der Waals surface area contributed by atoms with Crippen molar-refractivity contribution in [2.24, 2.45) is 0 Å². The molecule has 0 aliphatic heterocycles. The maximum Gasteiger partial charge on any atom is 0.176 e. The molecule has 0 saturated heterocycles. The number of hydrogen-bond donors (Lipinski definition) is 1. The van der Waals surface area contributed by atoms with Crippen LogP contribution in [0.1, 0.15) is 5.69 Å². The molecule has 3 aromatic rings. The Balaban J connectivity index is 2.19. The van der Waals surface area contributed by atoms with Crippen molar-refractivity contribution in [3.8, 4) is 11.5 Å². The molecule has 3 nitrogen and oxygen atoms in total. The SMILES string of the molecule is Cc1ccnc(-c2cc3ccccc3[nH]2)n1. The normalized spacial score (nSPS) is 10.8. The number of H-pyrrole nitrogens is 1. The topological polar surface area (TPSA) is 41.6 Å². The number of aryl methyl sites for hydroxylation is 1. The number of nitrogens with one attached hydrogen (secondary N) is 1. The monoisotopic (exact) mass is 209 g/mol. The summed E-state index contributed by atoms with van der Waals surface area (Å²) in [5.41, 5.74) is 3.05. The van der Waals surface area contributed by atoms with Gasteiger partial charge >= 0.3 is 0 Å². The predicted molar refractivity (Wildman–Crippen MR) is 64.1 cm³/mol. The zero-order chi connectivity index (χ0) is 11.0. The summed E-state index contributed by atoms with van der Waals surface area (Å²) in [6.45, 7) is 1.97. The van der Waals surface area contributed by atoms with E-state index in [9.17, 15) is 0 Å². The summed E-state index contributed by atoms with van der Waals surface area (Å²) < 4.78 is 0. The highest BCUT2D eigenvalue weighted by Crippen LogP contribution is 2.20. The van der Waals surface area contributed by atoms with E-state index in [-0.39, 0.29) is 0 Å². The summed E-state index contributed by atoms with van der Waals surface area (Å²) in [4.78, 5) is 12.0. The van der Waals surface area contributed by atoms with Gasteiger partial charge in [-0.25, -0.2) is 9.97 Å². The van der Waals surface area contributed by atoms with Crippen molar-refractivity contribution in [3.63, 3.8) is 0 Å². The van der Waals surface area contributed by atoms with Crippen molar-refractivity contribution in [2.75, 3.05) is 0 Å². The molecule has 3 heteroatoms. The van der Waals surface area contributed by atoms with E-state index in [2.05, 4.69) is 33.2 Å². The highest BCUT2D eigenvalue weighted by molar-refractivity contribution is 5.84. The maximum absolute atomic E-state index is 4.40. The maximum atomic E-state index is 4.40. The fourth-order valence-electron chi connectivity index (χ4n) is 1.77. The molecule has 0 bridgehead atoms. The van der Waals surface area contributed by atoms with Crippen molar-refractivity contribution >= 4 is 10.9 Å². The number of hydrogen-bond acceptors (Lipinski definition) is 2. The van der Waals surface area contributed by atoms with Crippen LogP contribution < -0.4 is 0 Å². The summed E-state index contributed by atoms with van der Waals surface area (Å²) in [5, 5.41) is 1.18. The van der Waals surface area contributed by atoms with Crippen molar-refractivity contribution in [3.05, 3.63) is 48.3 Å². The molecule has 0 atom stereocenters. The van der Waals surface area contributed by atoms with E-state index in [4.69, 9.17) is 0 Å². The molecule has 0 saturated carbocycles. The largest absolute Gasteiger partial charge is 0.352 e. The zero-order valence-electron chi connectivity index (χ0n) is 8.94. The quantitative estimate of drug-likeness (QED) is 0.669. The fourth-order valence-corrected chi connectivity index (χ4v) is 1.77. The second-order valence-corrected chi connectivity index (χ2v) is 3.79. The van der Waals surface area contributed by atoms with E-state index in [0.717, 1.165) is 22.7 Å². The van der Waals surface area contributed by atoms with Crippen molar-refractivity contribution < 1.29 is 0 Å². The fraction of sp³-hybridized carbons (Fsp3) is 0.0769. The van der Waals surface area contributed by atoms with Crippen molar-refractivity contribution in [1.82, 2.24) is 15.0 Å². The lowest BCUT2D eigenvalue weighted by atomic mass is 10.2. The van der Waals surface area contributed by atoms with Gasteiger partial charge in [-0.05, 0) is 25.1 Å². The lowest BCUT2D eigenvalue weighted by molar-refractivity contribution is 1.10. The molecule has 1 aromatic carbocycles. The van der Waals surface area contributed by atoms with Gasteiger partial charge in [0.1, 0.15) is 0 Å². The molecule has 3 rings (SSSR count). The number of aromatic amines is 1.